The van der Waals surface area contributed by atoms with Crippen LogP contribution >= 0.6 is 15.9 Å². The maximum atomic E-state index is 3.43. The molecule has 0 heterocycles. The molecular weight excluding hydrogens is 212 g/mol. The van der Waals surface area contributed by atoms with E-state index in [4.69, 9.17) is 0 Å². The summed E-state index contributed by atoms with van der Waals surface area (Å²) >= 11 is 3.43. The van der Waals surface area contributed by atoms with Crippen LogP contribution in [0.3, 0.4) is 0 Å². The van der Waals surface area contributed by atoms with E-state index >= 15 is 0 Å². The summed E-state index contributed by atoms with van der Waals surface area (Å²) in [5.74, 6) is 0. The lowest BCUT2D eigenvalue weighted by atomic mass is 10.1. The first-order valence-corrected chi connectivity index (χ1v) is 5.47. The van der Waals surface area contributed by atoms with Gasteiger partial charge in [0.1, 0.15) is 0 Å². The van der Waals surface area contributed by atoms with Gasteiger partial charge in [0.25, 0.3) is 0 Å². The molecule has 0 aliphatic heterocycles. The molecule has 0 saturated carbocycles. The summed E-state index contributed by atoms with van der Waals surface area (Å²) in [5.41, 5.74) is 4.04. The Morgan fingerprint density at radius 1 is 1.00 bits per heavy atom. The predicted octanol–water partition coefficient (Wildman–Crippen LogP) is 4.22. The average Bonchev–Trinajstić information content (AvgIpc) is 2.06. The molecule has 0 radical (unpaired) electrons. The molecule has 1 heteroatoms. The van der Waals surface area contributed by atoms with Gasteiger partial charge in [-0.05, 0) is 19.4 Å². The lowest BCUT2D eigenvalue weighted by Gasteiger charge is -1.99. The molecule has 1 aromatic carbocycles. The molecule has 0 amide bonds. The van der Waals surface area contributed by atoms with Crippen LogP contribution in [0.5, 0.6) is 0 Å². The van der Waals surface area contributed by atoms with E-state index in [1.54, 1.807) is 0 Å². The van der Waals surface area contributed by atoms with E-state index in [-0.39, 0.29) is 0 Å². The normalized spacial score (nSPS) is 8.75. The van der Waals surface area contributed by atoms with Crippen LogP contribution in [0.25, 0.3) is 0 Å². The fourth-order valence-corrected chi connectivity index (χ4v) is 1.47. The Bertz CT molecular complexity index is 208. The van der Waals surface area contributed by atoms with E-state index in [2.05, 4.69) is 48.0 Å². The van der Waals surface area contributed by atoms with E-state index < -0.39 is 0 Å². The van der Waals surface area contributed by atoms with Crippen molar-refractivity contribution in [3.63, 3.8) is 0 Å². The third-order valence-corrected chi connectivity index (χ3v) is 2.08. The quantitative estimate of drug-likeness (QED) is 0.632. The highest BCUT2D eigenvalue weighted by molar-refractivity contribution is 9.08. The van der Waals surface area contributed by atoms with Gasteiger partial charge in [-0.2, -0.15) is 0 Å². The molecule has 0 unspecified atom stereocenters. The lowest BCUT2D eigenvalue weighted by Crippen LogP contribution is -1.81. The van der Waals surface area contributed by atoms with Gasteiger partial charge in [-0.1, -0.05) is 59.1 Å². The number of alkyl halides is 1. The summed E-state index contributed by atoms with van der Waals surface area (Å²) in [6.45, 7) is 8.25. The van der Waals surface area contributed by atoms with Crippen LogP contribution in [-0.4, -0.2) is 0 Å². The minimum Gasteiger partial charge on any atom is -0.0876 e. The second-order valence-corrected chi connectivity index (χ2v) is 3.19. The molecule has 0 aliphatic carbocycles. The van der Waals surface area contributed by atoms with Crippen molar-refractivity contribution in [2.45, 2.75) is 33.0 Å². The van der Waals surface area contributed by atoms with Crippen LogP contribution in [0.4, 0.5) is 0 Å². The SMILES string of the molecule is CC.Cc1cc(C)cc(CBr)c1. The second-order valence-electron chi connectivity index (χ2n) is 2.63. The zero-order chi connectivity index (χ0) is 9.56. The molecule has 68 valence electrons. The van der Waals surface area contributed by atoms with Crippen molar-refractivity contribution in [3.8, 4) is 0 Å². The van der Waals surface area contributed by atoms with Gasteiger partial charge < -0.3 is 0 Å². The van der Waals surface area contributed by atoms with Crippen molar-refractivity contribution in [1.29, 1.82) is 0 Å². The molecule has 0 bridgehead atoms. The first kappa shape index (κ1) is 11.7. The Balaban J connectivity index is 0.000000561. The molecule has 0 saturated heterocycles. The summed E-state index contributed by atoms with van der Waals surface area (Å²) in [4.78, 5) is 0. The first-order valence-electron chi connectivity index (χ1n) is 4.35. The van der Waals surface area contributed by atoms with Gasteiger partial charge in [0, 0.05) is 5.33 Å². The van der Waals surface area contributed by atoms with Gasteiger partial charge in [-0.25, -0.2) is 0 Å². The molecule has 0 nitrogen and oxygen atoms in total. The zero-order valence-corrected chi connectivity index (χ0v) is 9.90. The summed E-state index contributed by atoms with van der Waals surface area (Å²) in [5, 5.41) is 0.954. The molecule has 1 rings (SSSR count). The summed E-state index contributed by atoms with van der Waals surface area (Å²) in [6.07, 6.45) is 0. The maximum absolute atomic E-state index is 3.43. The Morgan fingerprint density at radius 2 is 1.42 bits per heavy atom. The molecule has 0 aromatic heterocycles. The fourth-order valence-electron chi connectivity index (χ4n) is 1.15. The molecule has 1 aromatic rings. The fraction of sp³-hybridized carbons (Fsp3) is 0.455. The maximum Gasteiger partial charge on any atom is 0.0283 e. The Hall–Kier alpha value is -0.300. The molecule has 0 spiro atoms. The van der Waals surface area contributed by atoms with Crippen molar-refractivity contribution in [1.82, 2.24) is 0 Å². The van der Waals surface area contributed by atoms with Crippen LogP contribution < -0.4 is 0 Å². The van der Waals surface area contributed by atoms with Gasteiger partial charge in [-0.15, -0.1) is 0 Å². The first-order chi connectivity index (χ1) is 5.72. The van der Waals surface area contributed by atoms with Gasteiger partial charge >= 0.3 is 0 Å². The minimum absolute atomic E-state index is 0.954. The Morgan fingerprint density at radius 3 is 1.75 bits per heavy atom. The van der Waals surface area contributed by atoms with Gasteiger partial charge in [0.05, 0.1) is 0 Å². The van der Waals surface area contributed by atoms with E-state index in [9.17, 15) is 0 Å². The van der Waals surface area contributed by atoms with Crippen LogP contribution in [-0.2, 0) is 5.33 Å². The van der Waals surface area contributed by atoms with Crippen LogP contribution in [0, 0.1) is 13.8 Å². The molecule has 0 atom stereocenters. The topological polar surface area (TPSA) is 0 Å². The van der Waals surface area contributed by atoms with Crippen molar-refractivity contribution in [2.24, 2.45) is 0 Å². The number of benzene rings is 1. The smallest absolute Gasteiger partial charge is 0.0283 e. The minimum atomic E-state index is 0.954. The van der Waals surface area contributed by atoms with Crippen molar-refractivity contribution in [2.75, 3.05) is 0 Å². The number of hydrogen-bond acceptors (Lipinski definition) is 0. The Kier molecular flexibility index (Phi) is 6.09. The van der Waals surface area contributed by atoms with Crippen LogP contribution in [0.15, 0.2) is 18.2 Å². The summed E-state index contributed by atoms with van der Waals surface area (Å²) in [6, 6.07) is 6.58. The van der Waals surface area contributed by atoms with E-state index in [1.165, 1.54) is 16.7 Å². The second kappa shape index (κ2) is 6.24. The molecule has 0 fully saturated rings. The third kappa shape index (κ3) is 3.91. The summed E-state index contributed by atoms with van der Waals surface area (Å²) < 4.78 is 0. The van der Waals surface area contributed by atoms with E-state index in [1.807, 2.05) is 13.8 Å². The highest BCUT2D eigenvalue weighted by Gasteiger charge is 1.91. The lowest BCUT2D eigenvalue weighted by molar-refractivity contribution is 1.31. The highest BCUT2D eigenvalue weighted by atomic mass is 79.9. The third-order valence-electron chi connectivity index (χ3n) is 1.44. The van der Waals surface area contributed by atoms with Crippen molar-refractivity contribution in [3.05, 3.63) is 34.9 Å². The number of aryl methyl sites for hydroxylation is 2. The standard InChI is InChI=1S/C9H11Br.C2H6/c1-7-3-8(2)5-9(4-7)6-10;1-2/h3-5H,6H2,1-2H3;1-2H3. The van der Waals surface area contributed by atoms with Crippen molar-refractivity contribution < 1.29 is 0 Å². The zero-order valence-electron chi connectivity index (χ0n) is 8.32. The van der Waals surface area contributed by atoms with Gasteiger partial charge in [0.15, 0.2) is 0 Å². The number of rotatable bonds is 1. The molecule has 0 N–H and O–H groups in total. The Labute approximate surface area is 84.1 Å². The number of hydrogen-bond donors (Lipinski definition) is 0. The molecule has 12 heavy (non-hydrogen) atoms. The largest absolute Gasteiger partial charge is 0.0876 e. The van der Waals surface area contributed by atoms with E-state index in [0.29, 0.717) is 0 Å². The monoisotopic (exact) mass is 228 g/mol. The highest BCUT2D eigenvalue weighted by Crippen LogP contribution is 2.11. The average molecular weight is 229 g/mol. The summed E-state index contributed by atoms with van der Waals surface area (Å²) in [7, 11) is 0. The van der Waals surface area contributed by atoms with Crippen LogP contribution in [0.2, 0.25) is 0 Å². The van der Waals surface area contributed by atoms with E-state index in [0.717, 1.165) is 5.33 Å². The number of halogens is 1. The predicted molar refractivity (Wildman–Crippen MR) is 59.9 cm³/mol. The van der Waals surface area contributed by atoms with Gasteiger partial charge in [0.2, 0.25) is 0 Å². The molecular formula is C11H17Br. The molecule has 0 aliphatic rings. The van der Waals surface area contributed by atoms with Crippen LogP contribution in [0.1, 0.15) is 30.5 Å². The van der Waals surface area contributed by atoms with Crippen molar-refractivity contribution >= 4 is 15.9 Å². The van der Waals surface area contributed by atoms with Gasteiger partial charge in [-0.3, -0.25) is 0 Å².